The first-order valence-electron chi connectivity index (χ1n) is 6.56. The summed E-state index contributed by atoms with van der Waals surface area (Å²) in [6.45, 7) is 7.86. The molecule has 3 unspecified atom stereocenters. The molecule has 112 valence electrons. The summed E-state index contributed by atoms with van der Waals surface area (Å²) in [5.41, 5.74) is -0.513. The zero-order chi connectivity index (χ0) is 14.6. The lowest BCUT2D eigenvalue weighted by Crippen LogP contribution is -2.39. The van der Waals surface area contributed by atoms with Gasteiger partial charge in [0.15, 0.2) is 0 Å². The van der Waals surface area contributed by atoms with Gasteiger partial charge in [-0.15, -0.1) is 0 Å². The lowest BCUT2D eigenvalue weighted by Gasteiger charge is -2.23. The van der Waals surface area contributed by atoms with Gasteiger partial charge < -0.3 is 10.1 Å². The van der Waals surface area contributed by atoms with Crippen molar-refractivity contribution in [3.8, 4) is 0 Å². The molecule has 0 bridgehead atoms. The molecule has 6 nitrogen and oxygen atoms in total. The van der Waals surface area contributed by atoms with Crippen molar-refractivity contribution >= 4 is 17.4 Å². The third-order valence-electron chi connectivity index (χ3n) is 3.04. The topological polar surface area (TPSA) is 78.9 Å². The van der Waals surface area contributed by atoms with E-state index in [1.165, 1.54) is 4.31 Å². The molecule has 0 aromatic heterocycles. The highest BCUT2D eigenvalue weighted by Gasteiger charge is 2.27. The van der Waals surface area contributed by atoms with Gasteiger partial charge in [-0.1, -0.05) is 0 Å². The van der Waals surface area contributed by atoms with E-state index in [1.54, 1.807) is 0 Å². The lowest BCUT2D eigenvalue weighted by molar-refractivity contribution is 0.0500. The highest BCUT2D eigenvalue weighted by atomic mass is 32.2. The summed E-state index contributed by atoms with van der Waals surface area (Å²) >= 11 is -1.95. The fourth-order valence-corrected chi connectivity index (χ4v) is 2.76. The van der Waals surface area contributed by atoms with E-state index in [4.69, 9.17) is 4.74 Å². The Bertz CT molecular complexity index is 343. The predicted octanol–water partition coefficient (Wildman–Crippen LogP) is 1.89. The van der Waals surface area contributed by atoms with Crippen LogP contribution in [0.2, 0.25) is 0 Å². The quantitative estimate of drug-likeness (QED) is 0.762. The maximum Gasteiger partial charge on any atom is 0.407 e. The predicted molar refractivity (Wildman–Crippen MR) is 73.9 cm³/mol. The first-order chi connectivity index (χ1) is 8.69. The van der Waals surface area contributed by atoms with Gasteiger partial charge >= 0.3 is 6.09 Å². The largest absolute Gasteiger partial charge is 0.444 e. The summed E-state index contributed by atoms with van der Waals surface area (Å²) in [6, 6.07) is 0.0297. The lowest BCUT2D eigenvalue weighted by atomic mass is 10.1. The Hall–Kier alpha value is -0.660. The molecule has 0 spiro atoms. The van der Waals surface area contributed by atoms with E-state index in [0.29, 0.717) is 13.0 Å². The number of carbonyl (C=O) groups excluding carboxylic acids is 1. The van der Waals surface area contributed by atoms with Crippen LogP contribution in [0.5, 0.6) is 0 Å². The molecular weight excluding hydrogens is 268 g/mol. The van der Waals surface area contributed by atoms with Crippen molar-refractivity contribution in [1.29, 1.82) is 0 Å². The van der Waals surface area contributed by atoms with Crippen molar-refractivity contribution in [2.45, 2.75) is 64.6 Å². The van der Waals surface area contributed by atoms with Gasteiger partial charge in [-0.05, 0) is 47.0 Å². The second-order valence-electron chi connectivity index (χ2n) is 5.93. The SMILES string of the molecule is CC1CCC(NC(=O)OC(C)(C)C)CCN1S(=O)O. The van der Waals surface area contributed by atoms with Crippen molar-refractivity contribution in [3.05, 3.63) is 0 Å². The molecule has 1 fully saturated rings. The Morgan fingerprint density at radius 2 is 2.00 bits per heavy atom. The van der Waals surface area contributed by atoms with Gasteiger partial charge in [0.05, 0.1) is 0 Å². The number of hydrogen-bond acceptors (Lipinski definition) is 3. The number of ether oxygens (including phenoxy) is 1. The Morgan fingerprint density at radius 3 is 2.53 bits per heavy atom. The zero-order valence-electron chi connectivity index (χ0n) is 12.0. The maximum atomic E-state index is 11.7. The van der Waals surface area contributed by atoms with E-state index >= 15 is 0 Å². The van der Waals surface area contributed by atoms with E-state index in [1.807, 2.05) is 27.7 Å². The van der Waals surface area contributed by atoms with Crippen LogP contribution in [-0.4, -0.2) is 43.4 Å². The summed E-state index contributed by atoms with van der Waals surface area (Å²) in [5.74, 6) is 0. The Kier molecular flexibility index (Phi) is 5.76. The van der Waals surface area contributed by atoms with E-state index in [2.05, 4.69) is 5.32 Å². The van der Waals surface area contributed by atoms with Crippen LogP contribution in [0.25, 0.3) is 0 Å². The van der Waals surface area contributed by atoms with Crippen molar-refractivity contribution in [2.75, 3.05) is 6.54 Å². The maximum absolute atomic E-state index is 11.7. The van der Waals surface area contributed by atoms with Gasteiger partial charge in [0.1, 0.15) is 5.60 Å². The number of hydrogen-bond donors (Lipinski definition) is 2. The minimum atomic E-state index is -1.95. The number of alkyl carbamates (subject to hydrolysis) is 1. The normalized spacial score (nSPS) is 27.4. The van der Waals surface area contributed by atoms with Crippen LogP contribution in [0.3, 0.4) is 0 Å². The molecule has 19 heavy (non-hydrogen) atoms. The summed E-state index contributed by atoms with van der Waals surface area (Å²) in [4.78, 5) is 11.7. The van der Waals surface area contributed by atoms with E-state index in [0.717, 1.165) is 12.8 Å². The van der Waals surface area contributed by atoms with Gasteiger partial charge in [0, 0.05) is 18.6 Å². The molecule has 1 amide bonds. The van der Waals surface area contributed by atoms with E-state index in [9.17, 15) is 13.6 Å². The van der Waals surface area contributed by atoms with Gasteiger partial charge in [0.2, 0.25) is 11.3 Å². The van der Waals surface area contributed by atoms with Gasteiger partial charge in [0.25, 0.3) is 0 Å². The Balaban J connectivity index is 2.49. The number of amides is 1. The fourth-order valence-electron chi connectivity index (χ4n) is 2.08. The molecule has 7 heteroatoms. The van der Waals surface area contributed by atoms with Crippen molar-refractivity contribution < 1.29 is 18.3 Å². The molecule has 3 atom stereocenters. The van der Waals surface area contributed by atoms with E-state index < -0.39 is 23.0 Å². The van der Waals surface area contributed by atoms with Gasteiger partial charge in [-0.2, -0.15) is 4.31 Å². The average Bonchev–Trinajstić information content (AvgIpc) is 2.38. The minimum Gasteiger partial charge on any atom is -0.444 e. The number of nitrogens with one attached hydrogen (secondary N) is 1. The van der Waals surface area contributed by atoms with Crippen LogP contribution in [0.1, 0.15) is 47.0 Å². The smallest absolute Gasteiger partial charge is 0.407 e. The van der Waals surface area contributed by atoms with Crippen LogP contribution in [0.4, 0.5) is 4.79 Å². The second-order valence-corrected chi connectivity index (χ2v) is 6.86. The molecular formula is C12H24N2O4S. The van der Waals surface area contributed by atoms with E-state index in [-0.39, 0.29) is 12.1 Å². The minimum absolute atomic E-state index is 0.00847. The monoisotopic (exact) mass is 292 g/mol. The summed E-state index contributed by atoms with van der Waals surface area (Å²) in [7, 11) is 0. The molecule has 2 N–H and O–H groups in total. The standard InChI is InChI=1S/C12H24N2O4S/c1-9-5-6-10(7-8-14(9)19(16)17)13-11(15)18-12(2,3)4/h9-10H,5-8H2,1-4H3,(H,13,15)(H,16,17). The van der Waals surface area contributed by atoms with Crippen LogP contribution in [0, 0.1) is 0 Å². The van der Waals surface area contributed by atoms with Crippen LogP contribution < -0.4 is 5.32 Å². The number of nitrogens with zero attached hydrogens (tertiary/aromatic N) is 1. The van der Waals surface area contributed by atoms with Crippen molar-refractivity contribution in [2.24, 2.45) is 0 Å². The van der Waals surface area contributed by atoms with Crippen molar-refractivity contribution in [3.63, 3.8) is 0 Å². The summed E-state index contributed by atoms with van der Waals surface area (Å²) in [5, 5.41) is 2.83. The van der Waals surface area contributed by atoms with Crippen molar-refractivity contribution in [1.82, 2.24) is 9.62 Å². The van der Waals surface area contributed by atoms with Gasteiger partial charge in [-0.3, -0.25) is 4.55 Å². The first kappa shape index (κ1) is 16.4. The molecule has 1 rings (SSSR count). The molecule has 0 aromatic carbocycles. The number of carbonyl (C=O) groups is 1. The molecule has 1 heterocycles. The van der Waals surface area contributed by atoms with Crippen LogP contribution in [-0.2, 0) is 16.0 Å². The van der Waals surface area contributed by atoms with Crippen LogP contribution in [0.15, 0.2) is 0 Å². The Labute approximate surface area is 117 Å². The van der Waals surface area contributed by atoms with Crippen LogP contribution >= 0.6 is 0 Å². The molecule has 0 saturated carbocycles. The molecule has 1 saturated heterocycles. The summed E-state index contributed by atoms with van der Waals surface area (Å²) < 4.78 is 27.1. The number of rotatable bonds is 2. The zero-order valence-corrected chi connectivity index (χ0v) is 12.8. The average molecular weight is 292 g/mol. The highest BCUT2D eigenvalue weighted by molar-refractivity contribution is 7.76. The first-order valence-corrected chi connectivity index (χ1v) is 7.62. The molecule has 0 aliphatic carbocycles. The fraction of sp³-hybridized carbons (Fsp3) is 0.917. The van der Waals surface area contributed by atoms with Gasteiger partial charge in [-0.25, -0.2) is 9.00 Å². The molecule has 0 aromatic rings. The molecule has 0 radical (unpaired) electrons. The second kappa shape index (κ2) is 6.67. The molecule has 1 aliphatic heterocycles. The Morgan fingerprint density at radius 1 is 1.37 bits per heavy atom. The third kappa shape index (κ3) is 5.88. The molecule has 1 aliphatic rings. The highest BCUT2D eigenvalue weighted by Crippen LogP contribution is 2.18. The summed E-state index contributed by atoms with van der Waals surface area (Å²) in [6.07, 6.45) is 1.78. The third-order valence-corrected chi connectivity index (χ3v) is 3.99.